The number of hydrogen-bond donors (Lipinski definition) is 3. The number of alkyl carbamates (subject to hydrolysis) is 1. The molecule has 0 bridgehead atoms. The van der Waals surface area contributed by atoms with Crippen LogP contribution in [0.25, 0.3) is 0 Å². The average Bonchev–Trinajstić information content (AvgIpc) is 3.36. The Morgan fingerprint density at radius 2 is 2.29 bits per heavy atom. The molecule has 28 heavy (non-hydrogen) atoms. The van der Waals surface area contributed by atoms with Crippen LogP contribution >= 0.6 is 0 Å². The van der Waals surface area contributed by atoms with E-state index in [1.54, 1.807) is 37.1 Å². The number of amides is 2. The van der Waals surface area contributed by atoms with Crippen LogP contribution in [0, 0.1) is 0 Å². The van der Waals surface area contributed by atoms with Crippen LogP contribution in [0.4, 0.5) is 15.0 Å². The molecule has 2 amide bonds. The molecule has 0 spiro atoms. The molecule has 2 unspecified atom stereocenters. The molecule has 1 fully saturated rings. The Hall–Kier alpha value is -2.91. The van der Waals surface area contributed by atoms with Crippen molar-refractivity contribution in [1.29, 1.82) is 0 Å². The molecule has 2 aromatic rings. The zero-order valence-corrected chi connectivity index (χ0v) is 15.9. The number of ether oxygens (including phenoxy) is 1. The lowest BCUT2D eigenvalue weighted by Gasteiger charge is -2.15. The summed E-state index contributed by atoms with van der Waals surface area (Å²) in [5.74, 6) is 0.452. The lowest BCUT2D eigenvalue weighted by Crippen LogP contribution is -2.36. The molecule has 0 radical (unpaired) electrons. The van der Waals surface area contributed by atoms with Gasteiger partial charge in [0.2, 0.25) is 5.91 Å². The fourth-order valence-electron chi connectivity index (χ4n) is 3.30. The van der Waals surface area contributed by atoms with Crippen molar-refractivity contribution in [3.05, 3.63) is 29.7 Å². The third kappa shape index (κ3) is 5.30. The summed E-state index contributed by atoms with van der Waals surface area (Å²) < 4.78 is 19.4. The lowest BCUT2D eigenvalue weighted by molar-refractivity contribution is -0.115. The molecule has 0 aromatic carbocycles. The number of aromatic nitrogens is 4. The van der Waals surface area contributed by atoms with Crippen LogP contribution < -0.4 is 10.6 Å². The lowest BCUT2D eigenvalue weighted by atomic mass is 10.0. The number of carbonyl (C=O) groups excluding carboxylic acids is 2. The molecule has 9 nitrogen and oxygen atoms in total. The first kappa shape index (κ1) is 19.8. The van der Waals surface area contributed by atoms with Gasteiger partial charge < -0.3 is 15.4 Å². The van der Waals surface area contributed by atoms with Crippen molar-refractivity contribution in [3.8, 4) is 0 Å². The Bertz CT molecular complexity index is 820. The van der Waals surface area contributed by atoms with E-state index in [2.05, 4.69) is 25.9 Å². The van der Waals surface area contributed by atoms with E-state index in [1.807, 2.05) is 0 Å². The second kappa shape index (κ2) is 8.85. The van der Waals surface area contributed by atoms with Gasteiger partial charge in [0.15, 0.2) is 5.82 Å². The second-order valence-corrected chi connectivity index (χ2v) is 7.19. The first-order valence-corrected chi connectivity index (χ1v) is 9.28. The van der Waals surface area contributed by atoms with Gasteiger partial charge in [0.1, 0.15) is 12.8 Å². The molecule has 3 atom stereocenters. The van der Waals surface area contributed by atoms with Crippen LogP contribution in [0.1, 0.15) is 43.4 Å². The minimum Gasteiger partial charge on any atom is -0.446 e. The summed E-state index contributed by atoms with van der Waals surface area (Å²) in [6.45, 7) is 0.944. The highest BCUT2D eigenvalue weighted by Crippen LogP contribution is 2.35. The molecule has 3 rings (SSSR count). The smallest absolute Gasteiger partial charge is 0.407 e. The van der Waals surface area contributed by atoms with Crippen LogP contribution in [-0.4, -0.2) is 50.8 Å². The zero-order valence-electron chi connectivity index (χ0n) is 15.9. The van der Waals surface area contributed by atoms with E-state index < -0.39 is 18.8 Å². The van der Waals surface area contributed by atoms with Crippen molar-refractivity contribution in [3.63, 3.8) is 0 Å². The van der Waals surface area contributed by atoms with E-state index in [-0.39, 0.29) is 24.3 Å². The van der Waals surface area contributed by atoms with Gasteiger partial charge in [-0.25, -0.2) is 9.18 Å². The Kier molecular flexibility index (Phi) is 6.27. The Labute approximate surface area is 162 Å². The predicted octanol–water partition coefficient (Wildman–Crippen LogP) is 2.04. The van der Waals surface area contributed by atoms with Crippen molar-refractivity contribution in [1.82, 2.24) is 25.3 Å². The molecule has 3 N–H and O–H groups in total. The van der Waals surface area contributed by atoms with Crippen molar-refractivity contribution < 1.29 is 18.7 Å². The standard InChI is InChI=1S/C18H25FN6O3/c1-11(8-19)21-18(27)28-14-4-3-13(6-14)15-7-16(24-23-15)22-17(26)5-12-9-20-25(2)10-12/h7,9-11,13-14H,3-6,8H2,1-2H3,(H,21,27)(H2,22,23,24,26)/t11-,13?,14?/m0/s1. The number of nitrogens with one attached hydrogen (secondary N) is 3. The summed E-state index contributed by atoms with van der Waals surface area (Å²) >= 11 is 0. The van der Waals surface area contributed by atoms with E-state index in [9.17, 15) is 14.0 Å². The third-order valence-corrected chi connectivity index (χ3v) is 4.68. The molecule has 2 heterocycles. The number of H-pyrrole nitrogens is 1. The van der Waals surface area contributed by atoms with E-state index in [0.717, 1.165) is 24.1 Å². The van der Waals surface area contributed by atoms with Crippen molar-refractivity contribution in [2.45, 2.75) is 50.7 Å². The van der Waals surface area contributed by atoms with Gasteiger partial charge >= 0.3 is 6.09 Å². The number of carbonyl (C=O) groups is 2. The van der Waals surface area contributed by atoms with Gasteiger partial charge in [0, 0.05) is 30.9 Å². The number of aryl methyl sites for hydroxylation is 1. The maximum absolute atomic E-state index is 12.4. The molecule has 0 saturated heterocycles. The number of nitrogens with zero attached hydrogens (tertiary/aromatic N) is 3. The molecule has 1 aliphatic rings. The largest absolute Gasteiger partial charge is 0.446 e. The third-order valence-electron chi connectivity index (χ3n) is 4.68. The number of halogens is 1. The Balaban J connectivity index is 1.47. The quantitative estimate of drug-likeness (QED) is 0.667. The summed E-state index contributed by atoms with van der Waals surface area (Å²) in [5, 5.41) is 16.3. The Morgan fingerprint density at radius 1 is 1.46 bits per heavy atom. The highest BCUT2D eigenvalue weighted by molar-refractivity contribution is 5.91. The highest BCUT2D eigenvalue weighted by atomic mass is 19.1. The molecule has 2 aromatic heterocycles. The molecule has 152 valence electrons. The number of alkyl halides is 1. The maximum Gasteiger partial charge on any atom is 0.407 e. The topological polar surface area (TPSA) is 114 Å². The van der Waals surface area contributed by atoms with Crippen molar-refractivity contribution in [2.75, 3.05) is 12.0 Å². The number of hydrogen-bond acceptors (Lipinski definition) is 5. The molecular formula is C18H25FN6O3. The molecular weight excluding hydrogens is 367 g/mol. The zero-order chi connectivity index (χ0) is 20.1. The second-order valence-electron chi connectivity index (χ2n) is 7.19. The molecule has 10 heteroatoms. The predicted molar refractivity (Wildman–Crippen MR) is 99.6 cm³/mol. The number of rotatable bonds is 7. The minimum atomic E-state index is -0.633. The fraction of sp³-hybridized carbons (Fsp3) is 0.556. The molecule has 1 saturated carbocycles. The van der Waals surface area contributed by atoms with Gasteiger partial charge in [0.25, 0.3) is 0 Å². The SMILES string of the molecule is C[C@@H](CF)NC(=O)OC1CCC(c2cc(NC(=O)Cc3cnn(C)c3)n[nH]2)C1. The summed E-state index contributed by atoms with van der Waals surface area (Å²) in [6.07, 6.45) is 5.07. The van der Waals surface area contributed by atoms with Crippen LogP contribution in [0.5, 0.6) is 0 Å². The van der Waals surface area contributed by atoms with Gasteiger partial charge in [-0.3, -0.25) is 14.6 Å². The van der Waals surface area contributed by atoms with E-state index in [4.69, 9.17) is 4.74 Å². The fourth-order valence-corrected chi connectivity index (χ4v) is 3.30. The summed E-state index contributed by atoms with van der Waals surface area (Å²) in [5.41, 5.74) is 1.72. The van der Waals surface area contributed by atoms with E-state index in [0.29, 0.717) is 12.2 Å². The summed E-state index contributed by atoms with van der Waals surface area (Å²) in [7, 11) is 1.80. The van der Waals surface area contributed by atoms with Crippen LogP contribution in [-0.2, 0) is 23.0 Å². The van der Waals surface area contributed by atoms with Crippen LogP contribution in [0.3, 0.4) is 0 Å². The van der Waals surface area contributed by atoms with Crippen molar-refractivity contribution in [2.24, 2.45) is 7.05 Å². The average molecular weight is 392 g/mol. The first-order valence-electron chi connectivity index (χ1n) is 9.28. The first-order chi connectivity index (χ1) is 13.4. The number of anilines is 1. The van der Waals surface area contributed by atoms with E-state index in [1.165, 1.54) is 0 Å². The van der Waals surface area contributed by atoms with Gasteiger partial charge in [-0.05, 0) is 31.7 Å². The van der Waals surface area contributed by atoms with Gasteiger partial charge in [-0.2, -0.15) is 10.2 Å². The Morgan fingerprint density at radius 3 is 3.00 bits per heavy atom. The van der Waals surface area contributed by atoms with Crippen LogP contribution in [0.15, 0.2) is 18.5 Å². The van der Waals surface area contributed by atoms with Crippen LogP contribution in [0.2, 0.25) is 0 Å². The molecule has 1 aliphatic carbocycles. The molecule has 0 aliphatic heterocycles. The monoisotopic (exact) mass is 392 g/mol. The van der Waals surface area contributed by atoms with Crippen molar-refractivity contribution >= 4 is 17.8 Å². The van der Waals surface area contributed by atoms with Gasteiger partial charge in [-0.1, -0.05) is 0 Å². The van der Waals surface area contributed by atoms with Gasteiger partial charge in [-0.15, -0.1) is 0 Å². The normalized spacial score (nSPS) is 20.0. The highest BCUT2D eigenvalue weighted by Gasteiger charge is 2.30. The summed E-state index contributed by atoms with van der Waals surface area (Å²) in [4.78, 5) is 23.8. The van der Waals surface area contributed by atoms with E-state index >= 15 is 0 Å². The minimum absolute atomic E-state index is 0.160. The summed E-state index contributed by atoms with van der Waals surface area (Å²) in [6, 6.07) is 1.24. The maximum atomic E-state index is 12.4. The number of aromatic amines is 1. The van der Waals surface area contributed by atoms with Gasteiger partial charge in [0.05, 0.1) is 18.7 Å².